The fourth-order valence-corrected chi connectivity index (χ4v) is 0.918. The summed E-state index contributed by atoms with van der Waals surface area (Å²) in [5.74, 6) is 0. The molecule has 4 N–H and O–H groups in total. The monoisotopic (exact) mass is 156 g/mol. The van der Waals surface area contributed by atoms with Crippen LogP contribution in [0.4, 0.5) is 11.4 Å². The van der Waals surface area contributed by atoms with E-state index in [9.17, 15) is 0 Å². The fraction of sp³-hybridized carbons (Fsp3) is 0.143. The molecule has 0 heterocycles. The first kappa shape index (κ1) is 7.22. The van der Waals surface area contributed by atoms with Crippen molar-refractivity contribution in [2.45, 2.75) is 6.92 Å². The van der Waals surface area contributed by atoms with Gasteiger partial charge in [0, 0.05) is 0 Å². The highest BCUT2D eigenvalue weighted by Crippen LogP contribution is 2.27. The van der Waals surface area contributed by atoms with Gasteiger partial charge in [0.15, 0.2) is 0 Å². The summed E-state index contributed by atoms with van der Waals surface area (Å²) in [4.78, 5) is 0. The highest BCUT2D eigenvalue weighted by molar-refractivity contribution is 6.35. The lowest BCUT2D eigenvalue weighted by atomic mass is 10.2. The lowest BCUT2D eigenvalue weighted by Crippen LogP contribution is -1.94. The second-order valence-electron chi connectivity index (χ2n) is 2.20. The van der Waals surface area contributed by atoms with Crippen LogP contribution >= 0.6 is 11.6 Å². The molecule has 0 atom stereocenters. The number of nitrogens with two attached hydrogens (primary N) is 2. The third-order valence-corrected chi connectivity index (χ3v) is 1.85. The molecule has 1 rings (SSSR count). The molecule has 10 heavy (non-hydrogen) atoms. The van der Waals surface area contributed by atoms with Crippen molar-refractivity contribution in [1.82, 2.24) is 0 Å². The number of benzene rings is 1. The third-order valence-electron chi connectivity index (χ3n) is 1.43. The second kappa shape index (κ2) is 2.39. The summed E-state index contributed by atoms with van der Waals surface area (Å²) in [5.41, 5.74) is 13.1. The van der Waals surface area contributed by atoms with Gasteiger partial charge in [0.25, 0.3) is 0 Å². The topological polar surface area (TPSA) is 52.0 Å². The Morgan fingerprint density at radius 1 is 1.30 bits per heavy atom. The van der Waals surface area contributed by atoms with Gasteiger partial charge in [-0.2, -0.15) is 0 Å². The Bertz CT molecular complexity index is 231. The van der Waals surface area contributed by atoms with Crippen LogP contribution in [0.15, 0.2) is 12.1 Å². The minimum Gasteiger partial charge on any atom is -0.397 e. The molecule has 2 nitrogen and oxygen atoms in total. The molecular formula is C7H9ClN2. The van der Waals surface area contributed by atoms with E-state index in [0.717, 1.165) is 5.56 Å². The van der Waals surface area contributed by atoms with Crippen molar-refractivity contribution < 1.29 is 0 Å². The Balaban J connectivity index is 3.34. The van der Waals surface area contributed by atoms with E-state index < -0.39 is 0 Å². The van der Waals surface area contributed by atoms with Crippen LogP contribution in [-0.2, 0) is 0 Å². The fourth-order valence-electron chi connectivity index (χ4n) is 0.706. The zero-order chi connectivity index (χ0) is 7.72. The minimum absolute atomic E-state index is 0.458. The van der Waals surface area contributed by atoms with Crippen LogP contribution in [-0.4, -0.2) is 0 Å². The molecule has 1 aromatic rings. The van der Waals surface area contributed by atoms with Crippen LogP contribution < -0.4 is 11.5 Å². The molecule has 0 radical (unpaired) electrons. The SMILES string of the molecule is Cc1ccc(N)c(Cl)c1N. The molecule has 0 bridgehead atoms. The van der Waals surface area contributed by atoms with E-state index in [0.29, 0.717) is 16.4 Å². The molecule has 0 aromatic heterocycles. The van der Waals surface area contributed by atoms with Crippen molar-refractivity contribution in [3.05, 3.63) is 22.7 Å². The number of halogens is 1. The van der Waals surface area contributed by atoms with Gasteiger partial charge in [0.05, 0.1) is 16.4 Å². The second-order valence-corrected chi connectivity index (χ2v) is 2.58. The Morgan fingerprint density at radius 2 is 1.90 bits per heavy atom. The van der Waals surface area contributed by atoms with Gasteiger partial charge in [-0.05, 0) is 18.6 Å². The molecule has 0 fully saturated rings. The van der Waals surface area contributed by atoms with Crippen LogP contribution in [0, 0.1) is 6.92 Å². The van der Waals surface area contributed by atoms with Crippen molar-refractivity contribution in [1.29, 1.82) is 0 Å². The molecule has 0 aliphatic carbocycles. The van der Waals surface area contributed by atoms with Gasteiger partial charge in [-0.1, -0.05) is 17.7 Å². The van der Waals surface area contributed by atoms with Crippen molar-refractivity contribution in [3.8, 4) is 0 Å². The lowest BCUT2D eigenvalue weighted by Gasteiger charge is -2.03. The number of hydrogen-bond donors (Lipinski definition) is 2. The molecule has 0 aliphatic heterocycles. The van der Waals surface area contributed by atoms with E-state index in [1.54, 1.807) is 6.07 Å². The molecule has 0 spiro atoms. The molecule has 3 heteroatoms. The highest BCUT2D eigenvalue weighted by atomic mass is 35.5. The van der Waals surface area contributed by atoms with Gasteiger partial charge < -0.3 is 11.5 Å². The number of nitrogen functional groups attached to an aromatic ring is 2. The summed E-state index contributed by atoms with van der Waals surface area (Å²) in [5, 5.41) is 0.458. The van der Waals surface area contributed by atoms with Gasteiger partial charge >= 0.3 is 0 Å². The average Bonchev–Trinajstić information content (AvgIpc) is 1.93. The maximum absolute atomic E-state index is 5.73. The molecular weight excluding hydrogens is 148 g/mol. The smallest absolute Gasteiger partial charge is 0.0867 e. The zero-order valence-electron chi connectivity index (χ0n) is 5.69. The Morgan fingerprint density at radius 3 is 2.40 bits per heavy atom. The summed E-state index contributed by atoms with van der Waals surface area (Å²) >= 11 is 5.73. The standard InChI is InChI=1S/C7H9ClN2/c1-4-2-3-5(9)6(8)7(4)10/h2-3H,9-10H2,1H3. The molecule has 0 unspecified atom stereocenters. The molecule has 0 aliphatic rings. The van der Waals surface area contributed by atoms with Crippen LogP contribution in [0.1, 0.15) is 5.56 Å². The van der Waals surface area contributed by atoms with Crippen molar-refractivity contribution in [2.75, 3.05) is 11.5 Å². The summed E-state index contributed by atoms with van der Waals surface area (Å²) in [6.07, 6.45) is 0. The Labute approximate surface area is 64.8 Å². The Kier molecular flexibility index (Phi) is 1.72. The van der Waals surface area contributed by atoms with Gasteiger partial charge in [0.2, 0.25) is 0 Å². The van der Waals surface area contributed by atoms with Gasteiger partial charge in [-0.15, -0.1) is 0 Å². The molecule has 1 aromatic carbocycles. The lowest BCUT2D eigenvalue weighted by molar-refractivity contribution is 1.47. The average molecular weight is 157 g/mol. The summed E-state index contributed by atoms with van der Waals surface area (Å²) < 4.78 is 0. The molecule has 54 valence electrons. The normalized spacial score (nSPS) is 9.80. The van der Waals surface area contributed by atoms with Crippen molar-refractivity contribution >= 4 is 23.0 Å². The van der Waals surface area contributed by atoms with E-state index in [1.807, 2.05) is 13.0 Å². The van der Waals surface area contributed by atoms with Gasteiger partial charge in [0.1, 0.15) is 0 Å². The summed E-state index contributed by atoms with van der Waals surface area (Å²) in [7, 11) is 0. The van der Waals surface area contributed by atoms with Crippen molar-refractivity contribution in [3.63, 3.8) is 0 Å². The molecule has 0 saturated carbocycles. The minimum atomic E-state index is 0.458. The quantitative estimate of drug-likeness (QED) is 0.563. The van der Waals surface area contributed by atoms with Gasteiger partial charge in [-0.25, -0.2) is 0 Å². The first-order valence-electron chi connectivity index (χ1n) is 2.93. The first-order valence-corrected chi connectivity index (χ1v) is 3.30. The van der Waals surface area contributed by atoms with E-state index in [-0.39, 0.29) is 0 Å². The van der Waals surface area contributed by atoms with Crippen molar-refractivity contribution in [2.24, 2.45) is 0 Å². The number of rotatable bonds is 0. The zero-order valence-corrected chi connectivity index (χ0v) is 6.44. The predicted molar refractivity (Wildman–Crippen MR) is 45.0 cm³/mol. The molecule has 0 amide bonds. The number of aryl methyl sites for hydroxylation is 1. The maximum Gasteiger partial charge on any atom is 0.0867 e. The highest BCUT2D eigenvalue weighted by Gasteiger charge is 2.01. The van der Waals surface area contributed by atoms with Crippen LogP contribution in [0.3, 0.4) is 0 Å². The number of anilines is 2. The van der Waals surface area contributed by atoms with E-state index in [4.69, 9.17) is 23.1 Å². The van der Waals surface area contributed by atoms with E-state index >= 15 is 0 Å². The van der Waals surface area contributed by atoms with Crippen LogP contribution in [0.5, 0.6) is 0 Å². The summed E-state index contributed by atoms with van der Waals surface area (Å²) in [6, 6.07) is 3.59. The molecule has 0 saturated heterocycles. The van der Waals surface area contributed by atoms with Crippen LogP contribution in [0.25, 0.3) is 0 Å². The Hall–Kier alpha value is -0.890. The van der Waals surface area contributed by atoms with E-state index in [2.05, 4.69) is 0 Å². The van der Waals surface area contributed by atoms with E-state index in [1.165, 1.54) is 0 Å². The third kappa shape index (κ3) is 1.02. The van der Waals surface area contributed by atoms with Crippen LogP contribution in [0.2, 0.25) is 5.02 Å². The first-order chi connectivity index (χ1) is 4.63. The number of hydrogen-bond acceptors (Lipinski definition) is 2. The predicted octanol–water partition coefficient (Wildman–Crippen LogP) is 1.81. The summed E-state index contributed by atoms with van der Waals surface area (Å²) in [6.45, 7) is 1.89. The van der Waals surface area contributed by atoms with Gasteiger partial charge in [-0.3, -0.25) is 0 Å². The maximum atomic E-state index is 5.73. The largest absolute Gasteiger partial charge is 0.397 e.